The highest BCUT2D eigenvalue weighted by atomic mass is 35.5. The van der Waals surface area contributed by atoms with E-state index in [9.17, 15) is 15.0 Å². The van der Waals surface area contributed by atoms with Crippen LogP contribution in [-0.4, -0.2) is 131 Å². The molecule has 2 aromatic carbocycles. The Balaban J connectivity index is 0.000000224. The fourth-order valence-electron chi connectivity index (χ4n) is 7.46. The zero-order valence-corrected chi connectivity index (χ0v) is 41.9. The normalized spacial score (nSPS) is 14.6. The number of carbonyl (C=O) groups is 1. The molecule has 0 aliphatic carbocycles. The Kier molecular flexibility index (Phi) is 20.1. The number of halogens is 1. The zero-order valence-electron chi connectivity index (χ0n) is 41.2. The topological polar surface area (TPSA) is 240 Å². The number of aliphatic hydroxyl groups excluding tert-OH is 2. The highest BCUT2D eigenvalue weighted by Crippen LogP contribution is 2.26. The number of hydrogen-bond acceptors (Lipinski definition) is 16. The Hall–Kier alpha value is -5.86. The zero-order chi connectivity index (χ0) is 50.1. The number of rotatable bonds is 17. The fourth-order valence-corrected chi connectivity index (χ4v) is 7.77. The van der Waals surface area contributed by atoms with E-state index in [1.54, 1.807) is 41.0 Å². The summed E-state index contributed by atoms with van der Waals surface area (Å²) in [6.45, 7) is 15.9. The molecule has 69 heavy (non-hydrogen) atoms. The SMILES string of the molecule is CC(C)(C)OC1CN(Cl)C1.CN=CC(=CN)Nc1nccc(-c2ccc(CN)c(CCO)c2)n1.Cn1cc(Nc2nccc(-c3ccc(CCC(=O)N4CC(OC(C)(C)C)C4)c(CCO)c3)n2)cn1. The van der Waals surface area contributed by atoms with Crippen LogP contribution < -0.4 is 22.1 Å². The lowest BCUT2D eigenvalue weighted by Crippen LogP contribution is -2.56. The third-order valence-corrected chi connectivity index (χ3v) is 10.9. The van der Waals surface area contributed by atoms with Gasteiger partial charge in [-0.05, 0) is 119 Å². The highest BCUT2D eigenvalue weighted by Gasteiger charge is 2.34. The molecule has 19 heteroatoms. The number of nitrogens with zero attached hydrogens (tertiary/aromatic N) is 9. The fraction of sp³-hybridized carbons (Fsp3) is 0.460. The molecule has 0 unspecified atom stereocenters. The minimum Gasteiger partial charge on any atom is -0.403 e. The molecule has 5 aromatic rings. The number of hydrogen-bond donors (Lipinski definition) is 6. The smallest absolute Gasteiger partial charge is 0.227 e. The molecule has 3 aromatic heterocycles. The number of anilines is 3. The first-order valence-corrected chi connectivity index (χ1v) is 23.5. The average molecular weight is 969 g/mol. The van der Waals surface area contributed by atoms with Crippen molar-refractivity contribution < 1.29 is 24.5 Å². The Bertz CT molecular complexity index is 2470. The van der Waals surface area contributed by atoms with Gasteiger partial charge in [0.2, 0.25) is 17.8 Å². The summed E-state index contributed by atoms with van der Waals surface area (Å²) in [5, 5.41) is 29.1. The van der Waals surface area contributed by atoms with E-state index in [4.69, 9.17) is 32.7 Å². The summed E-state index contributed by atoms with van der Waals surface area (Å²) in [6, 6.07) is 15.7. The van der Waals surface area contributed by atoms with Gasteiger partial charge in [-0.3, -0.25) is 14.5 Å². The number of aromatic nitrogens is 6. The van der Waals surface area contributed by atoms with Gasteiger partial charge in [0, 0.05) is 109 Å². The molecule has 7 rings (SSSR count). The molecular weight excluding hydrogens is 898 g/mol. The maximum atomic E-state index is 12.6. The number of benzene rings is 2. The Morgan fingerprint density at radius 1 is 0.826 bits per heavy atom. The molecule has 2 fully saturated rings. The predicted octanol–water partition coefficient (Wildman–Crippen LogP) is 5.80. The number of carbonyl (C=O) groups excluding carboxylic acids is 1. The van der Waals surface area contributed by atoms with Crippen molar-refractivity contribution in [2.24, 2.45) is 23.5 Å². The van der Waals surface area contributed by atoms with Crippen molar-refractivity contribution in [3.8, 4) is 22.5 Å². The lowest BCUT2D eigenvalue weighted by Gasteiger charge is -2.42. The van der Waals surface area contributed by atoms with Gasteiger partial charge in [-0.2, -0.15) is 5.10 Å². The first-order chi connectivity index (χ1) is 32.9. The number of nitrogens with two attached hydrogens (primary N) is 2. The van der Waals surface area contributed by atoms with Crippen LogP contribution in [0.5, 0.6) is 0 Å². The van der Waals surface area contributed by atoms with Crippen LogP contribution in [0.15, 0.2) is 90.2 Å². The number of allylic oxidation sites excluding steroid dienone is 1. The number of aryl methyl sites for hydroxylation is 2. The number of ether oxygens (including phenoxy) is 2. The minimum atomic E-state index is -0.194. The summed E-state index contributed by atoms with van der Waals surface area (Å²) in [4.78, 5) is 36.0. The van der Waals surface area contributed by atoms with E-state index < -0.39 is 0 Å². The standard InChI is InChI=1S/C26H34N6O3.C17H22N6O.C7H14ClNO/c1-26(2,3)35-22-16-32(17-22)24(34)8-7-18-5-6-20(13-19(18)10-12-33)23-9-11-27-25(30-23)29-21-14-28-31(4)15-21;1-20-11-15(10-19)22-17-21-6-4-16(23-17)13-2-3-14(9-18)12(8-13)5-7-24;1-7(2,3)10-6-4-9(8)5-6/h5-6,9,11,13-15,22,33H,7-8,10,12,16-17H2,1-4H3,(H,27,29,30);2-4,6,8,10-11,24H,5,7,9,18-19H2,1H3,(H,21,22,23);6H,4-5H2,1-3H3. The van der Waals surface area contributed by atoms with Crippen LogP contribution in [0.3, 0.4) is 0 Å². The lowest BCUT2D eigenvalue weighted by atomic mass is 9.96. The molecule has 372 valence electrons. The lowest BCUT2D eigenvalue weighted by molar-refractivity contribution is -0.157. The van der Waals surface area contributed by atoms with Gasteiger partial charge in [0.05, 0.1) is 52.4 Å². The summed E-state index contributed by atoms with van der Waals surface area (Å²) in [5.74, 6) is 1.05. The van der Waals surface area contributed by atoms with Gasteiger partial charge < -0.3 is 46.7 Å². The molecule has 18 nitrogen and oxygen atoms in total. The van der Waals surface area contributed by atoms with Gasteiger partial charge in [0.1, 0.15) is 0 Å². The van der Waals surface area contributed by atoms with Crippen LogP contribution >= 0.6 is 11.8 Å². The van der Waals surface area contributed by atoms with Crippen LogP contribution in [-0.2, 0) is 47.1 Å². The Morgan fingerprint density at radius 3 is 1.88 bits per heavy atom. The Morgan fingerprint density at radius 2 is 1.38 bits per heavy atom. The van der Waals surface area contributed by atoms with Crippen molar-refractivity contribution in [1.29, 1.82) is 0 Å². The van der Waals surface area contributed by atoms with E-state index in [0.29, 0.717) is 69.0 Å². The summed E-state index contributed by atoms with van der Waals surface area (Å²) in [7, 11) is 3.51. The van der Waals surface area contributed by atoms with Crippen molar-refractivity contribution >= 4 is 41.5 Å². The number of aliphatic hydroxyl groups is 2. The molecule has 0 saturated carbocycles. The monoisotopic (exact) mass is 968 g/mol. The first kappa shape index (κ1) is 54.1. The van der Waals surface area contributed by atoms with Crippen LogP contribution in [0.1, 0.15) is 70.2 Å². The molecule has 0 atom stereocenters. The van der Waals surface area contributed by atoms with Crippen molar-refractivity contribution in [2.75, 3.05) is 57.1 Å². The van der Waals surface area contributed by atoms with E-state index in [1.807, 2.05) is 87.4 Å². The van der Waals surface area contributed by atoms with Gasteiger partial charge in [0.25, 0.3) is 0 Å². The summed E-state index contributed by atoms with van der Waals surface area (Å²) in [6.07, 6.45) is 12.5. The van der Waals surface area contributed by atoms with Gasteiger partial charge in [-0.25, -0.2) is 24.4 Å². The molecule has 0 bridgehead atoms. The molecule has 0 spiro atoms. The number of aliphatic imine (C=N–C) groups is 1. The van der Waals surface area contributed by atoms with E-state index in [-0.39, 0.29) is 36.4 Å². The van der Waals surface area contributed by atoms with Gasteiger partial charge in [-0.1, -0.05) is 24.3 Å². The molecule has 2 aliphatic rings. The third kappa shape index (κ3) is 17.6. The molecular formula is C50H70ClN13O5. The predicted molar refractivity (Wildman–Crippen MR) is 273 cm³/mol. The molecule has 0 radical (unpaired) electrons. The van der Waals surface area contributed by atoms with Crippen LogP contribution in [0, 0.1) is 0 Å². The van der Waals surface area contributed by atoms with Gasteiger partial charge in [-0.15, -0.1) is 0 Å². The molecule has 1 amide bonds. The second-order valence-corrected chi connectivity index (χ2v) is 19.1. The first-order valence-electron chi connectivity index (χ1n) is 23.1. The Labute approximate surface area is 411 Å². The minimum absolute atomic E-state index is 0.0250. The number of likely N-dealkylation sites (tertiary alicyclic amines) is 1. The van der Waals surface area contributed by atoms with Gasteiger partial charge >= 0.3 is 0 Å². The van der Waals surface area contributed by atoms with Crippen molar-refractivity contribution in [1.82, 2.24) is 39.0 Å². The maximum Gasteiger partial charge on any atom is 0.227 e. The summed E-state index contributed by atoms with van der Waals surface area (Å²) < 4.78 is 15.0. The average Bonchev–Trinajstić information content (AvgIpc) is 3.70. The second kappa shape index (κ2) is 25.7. The van der Waals surface area contributed by atoms with Crippen LogP contribution in [0.2, 0.25) is 0 Å². The quantitative estimate of drug-likeness (QED) is 0.0477. The van der Waals surface area contributed by atoms with E-state index in [0.717, 1.165) is 63.5 Å². The van der Waals surface area contributed by atoms with Crippen LogP contribution in [0.4, 0.5) is 17.6 Å². The molecule has 2 aliphatic heterocycles. The van der Waals surface area contributed by atoms with E-state index in [1.165, 1.54) is 6.20 Å². The number of amides is 1. The summed E-state index contributed by atoms with van der Waals surface area (Å²) >= 11 is 5.63. The van der Waals surface area contributed by atoms with E-state index in [2.05, 4.69) is 61.4 Å². The van der Waals surface area contributed by atoms with Crippen molar-refractivity contribution in [3.05, 3.63) is 107 Å². The van der Waals surface area contributed by atoms with Crippen molar-refractivity contribution in [3.63, 3.8) is 0 Å². The second-order valence-electron chi connectivity index (χ2n) is 18.6. The molecule has 5 heterocycles. The number of nitrogens with one attached hydrogen (secondary N) is 2. The highest BCUT2D eigenvalue weighted by molar-refractivity contribution is 6.13. The third-order valence-electron chi connectivity index (χ3n) is 10.6. The summed E-state index contributed by atoms with van der Waals surface area (Å²) in [5.41, 5.74) is 20.0. The molecule has 8 N–H and O–H groups in total. The van der Waals surface area contributed by atoms with Crippen molar-refractivity contribution in [2.45, 2.75) is 97.2 Å². The van der Waals surface area contributed by atoms with Gasteiger partial charge in [0.15, 0.2) is 0 Å². The van der Waals surface area contributed by atoms with Crippen LogP contribution in [0.25, 0.3) is 22.5 Å². The maximum absolute atomic E-state index is 12.6. The largest absolute Gasteiger partial charge is 0.403 e. The van der Waals surface area contributed by atoms with E-state index >= 15 is 0 Å². The molecule has 2 saturated heterocycles.